The first kappa shape index (κ1) is 13.2. The summed E-state index contributed by atoms with van der Waals surface area (Å²) in [5, 5.41) is 28.8. The van der Waals surface area contributed by atoms with Gasteiger partial charge in [-0.05, 0) is 25.5 Å². The van der Waals surface area contributed by atoms with E-state index in [9.17, 15) is 4.39 Å². The summed E-state index contributed by atoms with van der Waals surface area (Å²) >= 11 is 0. The quantitative estimate of drug-likeness (QED) is 0.805. The van der Waals surface area contributed by atoms with Crippen molar-refractivity contribution in [2.75, 3.05) is 5.32 Å². The van der Waals surface area contributed by atoms with Gasteiger partial charge in [0, 0.05) is 11.3 Å². The first-order chi connectivity index (χ1) is 8.54. The Bertz CT molecular complexity index is 623. The number of aryl methyl sites for hydroxylation is 1. The van der Waals surface area contributed by atoms with Gasteiger partial charge in [0.05, 0.1) is 0 Å². The van der Waals surface area contributed by atoms with Gasteiger partial charge in [-0.2, -0.15) is 15.8 Å². The number of hydrogen-bond donors (Lipinski definition) is 1. The van der Waals surface area contributed by atoms with Crippen LogP contribution in [0.5, 0.6) is 0 Å². The van der Waals surface area contributed by atoms with Gasteiger partial charge in [0.25, 0.3) is 0 Å². The van der Waals surface area contributed by atoms with E-state index in [1.165, 1.54) is 0 Å². The summed E-state index contributed by atoms with van der Waals surface area (Å²) in [4.78, 5) is 0. The summed E-state index contributed by atoms with van der Waals surface area (Å²) in [5.41, 5.74) is 0.654. The third kappa shape index (κ3) is 2.45. The zero-order chi connectivity index (χ0) is 13.7. The van der Waals surface area contributed by atoms with Gasteiger partial charge in [-0.1, -0.05) is 6.07 Å². The summed E-state index contributed by atoms with van der Waals surface area (Å²) in [5.74, 6) is -0.382. The Morgan fingerprint density at radius 1 is 1.11 bits per heavy atom. The maximum atomic E-state index is 13.6. The molecular weight excluding hydrogens is 231 g/mol. The number of allylic oxidation sites excluding steroid dienone is 2. The average molecular weight is 240 g/mol. The second kappa shape index (κ2) is 5.48. The Kier molecular flexibility index (Phi) is 4.02. The zero-order valence-electron chi connectivity index (χ0n) is 9.87. The molecule has 0 fully saturated rings. The Balaban J connectivity index is 3.26. The van der Waals surface area contributed by atoms with Crippen LogP contribution >= 0.6 is 0 Å². The fourth-order valence-corrected chi connectivity index (χ4v) is 1.37. The Morgan fingerprint density at radius 2 is 1.72 bits per heavy atom. The normalized spacial score (nSPS) is 8.67. The van der Waals surface area contributed by atoms with E-state index in [-0.39, 0.29) is 17.1 Å². The molecule has 5 heteroatoms. The summed E-state index contributed by atoms with van der Waals surface area (Å²) in [6.45, 7) is 3.18. The van der Waals surface area contributed by atoms with Crippen molar-refractivity contribution in [2.24, 2.45) is 0 Å². The fourth-order valence-electron chi connectivity index (χ4n) is 1.37. The minimum atomic E-state index is -0.382. The lowest BCUT2D eigenvalue weighted by Gasteiger charge is -2.10. The van der Waals surface area contributed by atoms with Crippen molar-refractivity contribution in [3.05, 3.63) is 40.3 Å². The van der Waals surface area contributed by atoms with E-state index < -0.39 is 0 Å². The van der Waals surface area contributed by atoms with Crippen LogP contribution in [0.3, 0.4) is 0 Å². The van der Waals surface area contributed by atoms with Crippen molar-refractivity contribution in [3.8, 4) is 18.2 Å². The molecular formula is C13H9FN4. The summed E-state index contributed by atoms with van der Waals surface area (Å²) in [6, 6.07) is 8.08. The number of benzene rings is 1. The highest BCUT2D eigenvalue weighted by molar-refractivity contribution is 5.62. The third-order valence-electron chi connectivity index (χ3n) is 2.42. The second-order valence-corrected chi connectivity index (χ2v) is 3.58. The highest BCUT2D eigenvalue weighted by Gasteiger charge is 2.11. The Labute approximate surface area is 104 Å². The summed E-state index contributed by atoms with van der Waals surface area (Å²) in [7, 11) is 0. The van der Waals surface area contributed by atoms with Gasteiger partial charge in [0.1, 0.15) is 29.7 Å². The van der Waals surface area contributed by atoms with E-state index in [0.29, 0.717) is 16.8 Å². The molecule has 0 amide bonds. The van der Waals surface area contributed by atoms with Crippen LogP contribution in [-0.4, -0.2) is 0 Å². The number of nitrogens with zero attached hydrogens (tertiary/aromatic N) is 3. The first-order valence-corrected chi connectivity index (χ1v) is 5.02. The molecule has 0 atom stereocenters. The first-order valence-electron chi connectivity index (χ1n) is 5.02. The molecule has 4 nitrogen and oxygen atoms in total. The van der Waals surface area contributed by atoms with Crippen LogP contribution in [0.4, 0.5) is 10.1 Å². The molecule has 1 aromatic rings. The van der Waals surface area contributed by atoms with Crippen LogP contribution in [0.15, 0.2) is 23.4 Å². The molecule has 1 aromatic carbocycles. The minimum absolute atomic E-state index is 0.189. The van der Waals surface area contributed by atoms with Gasteiger partial charge in [-0.3, -0.25) is 0 Å². The van der Waals surface area contributed by atoms with E-state index in [2.05, 4.69) is 5.32 Å². The monoisotopic (exact) mass is 240 g/mol. The average Bonchev–Trinajstić information content (AvgIpc) is 2.38. The molecule has 0 saturated carbocycles. The molecule has 1 N–H and O–H groups in total. The molecule has 1 rings (SSSR count). The molecule has 0 radical (unpaired) electrons. The molecule has 0 spiro atoms. The number of halogens is 1. The molecule has 0 aliphatic heterocycles. The molecule has 0 unspecified atom stereocenters. The summed E-state index contributed by atoms with van der Waals surface area (Å²) < 4.78 is 13.6. The van der Waals surface area contributed by atoms with Crippen molar-refractivity contribution >= 4 is 5.69 Å². The Hall–Kier alpha value is -2.84. The van der Waals surface area contributed by atoms with Crippen molar-refractivity contribution in [2.45, 2.75) is 13.8 Å². The molecule has 0 bridgehead atoms. The van der Waals surface area contributed by atoms with E-state index >= 15 is 0 Å². The van der Waals surface area contributed by atoms with Gasteiger partial charge in [-0.25, -0.2) is 4.39 Å². The zero-order valence-corrected chi connectivity index (χ0v) is 9.87. The van der Waals surface area contributed by atoms with Gasteiger partial charge >= 0.3 is 0 Å². The van der Waals surface area contributed by atoms with Crippen LogP contribution in [0.2, 0.25) is 0 Å². The highest BCUT2D eigenvalue weighted by atomic mass is 19.1. The van der Waals surface area contributed by atoms with Crippen LogP contribution < -0.4 is 5.32 Å². The van der Waals surface area contributed by atoms with E-state index in [1.54, 1.807) is 44.2 Å². The van der Waals surface area contributed by atoms with E-state index in [4.69, 9.17) is 15.8 Å². The van der Waals surface area contributed by atoms with Crippen molar-refractivity contribution in [1.29, 1.82) is 15.8 Å². The molecule has 0 aliphatic rings. The van der Waals surface area contributed by atoms with E-state index in [0.717, 1.165) is 0 Å². The van der Waals surface area contributed by atoms with Crippen LogP contribution in [-0.2, 0) is 0 Å². The van der Waals surface area contributed by atoms with Crippen molar-refractivity contribution in [1.82, 2.24) is 0 Å². The van der Waals surface area contributed by atoms with E-state index in [1.807, 2.05) is 0 Å². The van der Waals surface area contributed by atoms with Crippen molar-refractivity contribution in [3.63, 3.8) is 0 Å². The predicted molar refractivity (Wildman–Crippen MR) is 63.4 cm³/mol. The Morgan fingerprint density at radius 3 is 2.22 bits per heavy atom. The van der Waals surface area contributed by atoms with Crippen LogP contribution in [0, 0.1) is 53.7 Å². The third-order valence-corrected chi connectivity index (χ3v) is 2.42. The summed E-state index contributed by atoms with van der Waals surface area (Å²) in [6.07, 6.45) is 0. The number of nitriles is 3. The number of anilines is 1. The largest absolute Gasteiger partial charge is 0.345 e. The molecule has 18 heavy (non-hydrogen) atoms. The molecule has 0 aromatic heterocycles. The second-order valence-electron chi connectivity index (χ2n) is 3.58. The van der Waals surface area contributed by atoms with Crippen molar-refractivity contribution < 1.29 is 4.39 Å². The van der Waals surface area contributed by atoms with Gasteiger partial charge in [-0.15, -0.1) is 0 Å². The number of rotatable bonds is 2. The lowest BCUT2D eigenvalue weighted by Crippen LogP contribution is -2.04. The molecule has 0 aliphatic carbocycles. The van der Waals surface area contributed by atoms with Crippen LogP contribution in [0.25, 0.3) is 0 Å². The number of nitrogens with one attached hydrogen (secondary N) is 1. The lowest BCUT2D eigenvalue weighted by molar-refractivity contribution is 0.610. The standard InChI is InChI=1S/C13H9FN4/c1-8-3-4-11(9(2)13(8)14)18-12(7-17)10(5-15)6-16/h3-4,18H,1-2H3. The number of hydrogen-bond acceptors (Lipinski definition) is 4. The SMILES string of the molecule is Cc1ccc(NC(C#N)=C(C#N)C#N)c(C)c1F. The molecule has 88 valence electrons. The van der Waals surface area contributed by atoms with Gasteiger partial charge in [0.2, 0.25) is 0 Å². The maximum Gasteiger partial charge on any atom is 0.163 e. The smallest absolute Gasteiger partial charge is 0.163 e. The predicted octanol–water partition coefficient (Wildman–Crippen LogP) is 2.68. The topological polar surface area (TPSA) is 83.4 Å². The molecule has 0 saturated heterocycles. The fraction of sp³-hybridized carbons (Fsp3) is 0.154. The van der Waals surface area contributed by atoms with Gasteiger partial charge < -0.3 is 5.32 Å². The highest BCUT2D eigenvalue weighted by Crippen LogP contribution is 2.22. The maximum absolute atomic E-state index is 13.6. The minimum Gasteiger partial charge on any atom is -0.345 e. The lowest BCUT2D eigenvalue weighted by atomic mass is 10.1. The van der Waals surface area contributed by atoms with Crippen LogP contribution in [0.1, 0.15) is 11.1 Å². The molecule has 0 heterocycles. The van der Waals surface area contributed by atoms with Gasteiger partial charge in [0.15, 0.2) is 5.57 Å².